The van der Waals surface area contributed by atoms with Crippen LogP contribution in [0.5, 0.6) is 0 Å². The molecular formula is C79H96N12O18S2. The number of benzene rings is 3. The molecule has 2 unspecified atom stereocenters. The molecule has 4 bridgehead atoms. The van der Waals surface area contributed by atoms with Crippen LogP contribution in [-0.4, -0.2) is 181 Å². The predicted molar refractivity (Wildman–Crippen MR) is 409 cm³/mol. The molecule has 3 aromatic carbocycles. The highest BCUT2D eigenvalue weighted by molar-refractivity contribution is 7.85. The second-order valence-electron chi connectivity index (χ2n) is 31.4. The third-order valence-electron chi connectivity index (χ3n) is 21.9. The van der Waals surface area contributed by atoms with E-state index >= 15 is 0 Å². The average Bonchev–Trinajstić information content (AvgIpc) is 0.974. The van der Waals surface area contributed by atoms with E-state index in [1.165, 1.54) is 23.5 Å². The van der Waals surface area contributed by atoms with Gasteiger partial charge in [-0.2, -0.15) is 13.5 Å². The maximum Gasteiger partial charge on any atom is 0.408 e. The van der Waals surface area contributed by atoms with E-state index in [2.05, 4.69) is 40.1 Å². The number of amides is 8. The summed E-state index contributed by atoms with van der Waals surface area (Å²) in [7, 11) is -4.68. The van der Waals surface area contributed by atoms with Gasteiger partial charge in [-0.25, -0.2) is 24.4 Å². The Morgan fingerprint density at radius 2 is 1.50 bits per heavy atom. The van der Waals surface area contributed by atoms with Crippen molar-refractivity contribution in [3.05, 3.63) is 136 Å². The summed E-state index contributed by atoms with van der Waals surface area (Å²) >= 11 is 1.39. The minimum Gasteiger partial charge on any atom is -0.481 e. The van der Waals surface area contributed by atoms with Gasteiger partial charge >= 0.3 is 24.1 Å². The molecule has 6 aromatic rings. The average molecular weight is 1570 g/mol. The van der Waals surface area contributed by atoms with Crippen LogP contribution in [0.3, 0.4) is 0 Å². The van der Waals surface area contributed by atoms with Crippen LogP contribution in [-0.2, 0) is 85.7 Å². The Kier molecular flexibility index (Phi) is 25.4. The number of pyridine rings is 1. The van der Waals surface area contributed by atoms with E-state index < -0.39 is 88.3 Å². The number of ketones is 2. The van der Waals surface area contributed by atoms with Gasteiger partial charge in [0, 0.05) is 106 Å². The van der Waals surface area contributed by atoms with Crippen molar-refractivity contribution in [3.8, 4) is 11.1 Å². The number of carbonyl (C=O) groups is 11. The molecule has 0 radical (unpaired) electrons. The van der Waals surface area contributed by atoms with E-state index in [1.807, 2.05) is 52.9 Å². The summed E-state index contributed by atoms with van der Waals surface area (Å²) in [5.41, 5.74) is 9.33. The maximum absolute atomic E-state index is 14.5. The number of carbonyl (C=O) groups excluding carboxylic acids is 9. The van der Waals surface area contributed by atoms with E-state index in [9.17, 15) is 75.9 Å². The number of anilines is 2. The number of aromatic nitrogens is 4. The van der Waals surface area contributed by atoms with E-state index in [1.54, 1.807) is 62.5 Å². The van der Waals surface area contributed by atoms with Crippen molar-refractivity contribution < 1.29 is 85.4 Å². The molecule has 4 fully saturated rings. The summed E-state index contributed by atoms with van der Waals surface area (Å²) in [6, 6.07) is 19.6. The number of carboxylic acid groups (broad SMARTS) is 2. The fraction of sp³-hybridized carbons (Fsp3) is 0.494. The number of ether oxygens (including phenoxy) is 2. The molecule has 8 amide bonds. The number of nitrogens with one attached hydrogen (secondary N) is 4. The number of nitrogens with zero attached hydrogens (tertiary/aromatic N) is 7. The number of alkyl carbamates (subject to hydrolysis) is 1. The predicted octanol–water partition coefficient (Wildman–Crippen LogP) is 8.76. The molecule has 6 aliphatic rings. The largest absolute Gasteiger partial charge is 0.481 e. The van der Waals surface area contributed by atoms with Crippen LogP contribution in [0.1, 0.15) is 166 Å². The number of unbranched alkanes of at least 4 members (excludes halogenated alkanes) is 2. The third-order valence-corrected chi connectivity index (χ3v) is 23.6. The van der Waals surface area contributed by atoms with Crippen LogP contribution < -0.4 is 31.9 Å². The first-order valence-electron chi connectivity index (χ1n) is 37.5. The Bertz CT molecular complexity index is 4660. The second kappa shape index (κ2) is 34.5. The lowest BCUT2D eigenvalue weighted by molar-refractivity contribution is -0.248. The summed E-state index contributed by atoms with van der Waals surface area (Å²) < 4.78 is 49.7. The molecule has 4 aliphatic carbocycles. The van der Waals surface area contributed by atoms with Crippen molar-refractivity contribution >= 4 is 108 Å². The minimum absolute atomic E-state index is 0.0785. The van der Waals surface area contributed by atoms with Gasteiger partial charge in [-0.15, -0.1) is 0 Å². The highest BCUT2D eigenvalue weighted by Crippen LogP contribution is 2.72. The first-order chi connectivity index (χ1) is 52.7. The first-order valence-corrected chi connectivity index (χ1v) is 39.9. The Morgan fingerprint density at radius 1 is 0.784 bits per heavy atom. The van der Waals surface area contributed by atoms with Gasteiger partial charge in [0.2, 0.25) is 11.8 Å². The van der Waals surface area contributed by atoms with Gasteiger partial charge in [-0.05, 0) is 152 Å². The molecule has 12 rings (SSSR count). The molecule has 30 nitrogen and oxygen atoms in total. The number of primary amides is 1. The molecule has 0 spiro atoms. The maximum atomic E-state index is 14.5. The van der Waals surface area contributed by atoms with Crippen LogP contribution in [0.2, 0.25) is 0 Å². The first kappa shape index (κ1) is 81.7. The molecule has 2 aliphatic heterocycles. The fourth-order valence-electron chi connectivity index (χ4n) is 17.9. The monoisotopic (exact) mass is 1560 g/mol. The second-order valence-corrected chi connectivity index (χ2v) is 34.0. The number of carboxylic acids is 2. The number of aromatic carboxylic acids is 1. The van der Waals surface area contributed by atoms with Crippen molar-refractivity contribution in [2.24, 2.45) is 33.8 Å². The van der Waals surface area contributed by atoms with Gasteiger partial charge in [-0.3, -0.25) is 57.8 Å². The Morgan fingerprint density at radius 3 is 2.19 bits per heavy atom. The summed E-state index contributed by atoms with van der Waals surface area (Å²) in [5.74, 6) is -7.31. The SMILES string of the molecule is Cc1c(-c2ccc(N3CCc4cccc(C(=O)Nc5nc6ccccc6s5)c4C3)nc2C(=O)O)cnn1CC12CC3(C)CC(C)(C1)CC(OCCN(CCS(=O)(=O)O)C(=O)[C@H](CC(=O)O)NC(=O)OCc1ccc(CC(=O)[C@H](CCCNC(N)=O)NC(=O)[C@@H](CC(=O)CCCCCN4C(=O)C=CC4=O)C(C)C)cc1)(C3)C2. The van der Waals surface area contributed by atoms with Crippen molar-refractivity contribution in [2.75, 3.05) is 55.3 Å². The number of hydrogen-bond donors (Lipinski definition) is 8. The van der Waals surface area contributed by atoms with Gasteiger partial charge < -0.3 is 51.2 Å². The lowest BCUT2D eigenvalue weighted by Gasteiger charge is -2.69. The number of para-hydroxylation sites is 1. The number of thiazole rings is 1. The molecule has 9 N–H and O–H groups in total. The number of hydrogen-bond acceptors (Lipinski definition) is 20. The van der Waals surface area contributed by atoms with Gasteiger partial charge in [0.05, 0.1) is 46.8 Å². The summed E-state index contributed by atoms with van der Waals surface area (Å²) in [6.07, 6.45) is 8.95. The fourth-order valence-corrected chi connectivity index (χ4v) is 19.2. The number of nitrogens with two attached hydrogens (primary N) is 1. The zero-order valence-corrected chi connectivity index (χ0v) is 64.6. The lowest BCUT2D eigenvalue weighted by Crippen LogP contribution is -2.64. The number of fused-ring (bicyclic) bond motifs is 2. The minimum atomic E-state index is -4.68. The smallest absolute Gasteiger partial charge is 0.408 e. The van der Waals surface area contributed by atoms with Gasteiger partial charge in [0.15, 0.2) is 16.6 Å². The van der Waals surface area contributed by atoms with Crippen molar-refractivity contribution in [1.82, 2.24) is 45.5 Å². The molecular weight excluding hydrogens is 1470 g/mol. The van der Waals surface area contributed by atoms with Crippen molar-refractivity contribution in [3.63, 3.8) is 0 Å². The quantitative estimate of drug-likeness (QED) is 0.0102. The molecule has 111 heavy (non-hydrogen) atoms. The lowest BCUT2D eigenvalue weighted by atomic mass is 9.39. The zero-order chi connectivity index (χ0) is 79.7. The van der Waals surface area contributed by atoms with Gasteiger partial charge in [0.25, 0.3) is 27.8 Å². The van der Waals surface area contributed by atoms with Crippen molar-refractivity contribution in [1.29, 1.82) is 0 Å². The number of Topliss-reactive ketones (excluding diaryl/α,β-unsaturated/α-hetero) is 2. The van der Waals surface area contributed by atoms with Crippen molar-refractivity contribution in [2.45, 2.75) is 175 Å². The molecule has 592 valence electrons. The normalized spacial score (nSPS) is 20.5. The van der Waals surface area contributed by atoms with E-state index in [-0.39, 0.29) is 122 Å². The van der Waals surface area contributed by atoms with Gasteiger partial charge in [0.1, 0.15) is 24.2 Å². The number of rotatable bonds is 38. The van der Waals surface area contributed by atoms with Crippen LogP contribution in [0.15, 0.2) is 97.2 Å². The number of imide groups is 1. The zero-order valence-electron chi connectivity index (χ0n) is 62.9. The molecule has 32 heteroatoms. The summed E-state index contributed by atoms with van der Waals surface area (Å²) in [4.78, 5) is 157. The number of urea groups is 1. The topological polar surface area (TPSA) is 429 Å². The van der Waals surface area contributed by atoms with Crippen LogP contribution in [0.25, 0.3) is 21.3 Å². The Labute approximate surface area is 646 Å². The van der Waals surface area contributed by atoms with Gasteiger partial charge in [-0.1, -0.05) is 94.0 Å². The highest BCUT2D eigenvalue weighted by Gasteiger charge is 2.66. The van der Waals surface area contributed by atoms with Crippen LogP contribution in [0.4, 0.5) is 20.5 Å². The van der Waals surface area contributed by atoms with E-state index in [0.29, 0.717) is 103 Å². The summed E-state index contributed by atoms with van der Waals surface area (Å²) in [6.45, 7) is 10.3. The van der Waals surface area contributed by atoms with Crippen LogP contribution >= 0.6 is 11.3 Å². The number of aliphatic carboxylic acids is 1. The molecule has 3 aromatic heterocycles. The molecule has 5 atom stereocenters. The molecule has 4 saturated carbocycles. The third kappa shape index (κ3) is 20.6. The Hall–Kier alpha value is -10.3. The van der Waals surface area contributed by atoms with E-state index in [4.69, 9.17) is 25.3 Å². The standard InChI is InChI=1S/C79H96N12O18S2/c1-48(2)56(36-53(92)14-7-6-10-29-90-65(94)25-26-66(90)95)70(99)83-59(17-12-28-81-73(80)103)62(93)35-50-19-21-51(22-20-50)40-108-75(104)85-61(37-67(96)97)71(100)88(32-34-111(105,106)107)31-33-109-79-44-76(4)41-77(5,45-79)43-78(42-76,46-79)47-91-49(3)57(38-82-91)54-23-24-64(86-68(54)72(101)102)89-30-27-52-13-11-15-55(58(52)39-89)69(98)87-74-84-60-16-8-9-18-63(60)110-74/h8-9,11,13,15-16,18-26,38,48,56,59,61H,6-7,10,12,14,17,27-37,39-47H2,1-5H3,(H,83,99)(H,85,104)(H,96,97)(H,101,102)(H3,80,81,103)(H,84,87,98)(H,105,106,107)/t56-,59-,61-,76?,77?,78?,79?/m0/s1. The Balaban J connectivity index is 0.698. The van der Waals surface area contributed by atoms with E-state index in [0.717, 1.165) is 56.1 Å². The van der Waals surface area contributed by atoms with Crippen LogP contribution in [0, 0.1) is 35.0 Å². The summed E-state index contributed by atoms with van der Waals surface area (Å²) in [5, 5.41) is 36.8. The highest BCUT2D eigenvalue weighted by atomic mass is 32.2. The molecule has 0 saturated heterocycles. The molecule has 5 heterocycles.